The quantitative estimate of drug-likeness (QED) is 0.845. The molecule has 4 amide bonds. The van der Waals surface area contributed by atoms with E-state index in [-0.39, 0.29) is 6.42 Å². The van der Waals surface area contributed by atoms with Crippen LogP contribution in [0.5, 0.6) is 0 Å². The normalized spacial score (nSPS) is 20.3. The lowest BCUT2D eigenvalue weighted by atomic mass is 10.00. The van der Waals surface area contributed by atoms with Crippen LogP contribution < -0.4 is 10.7 Å². The summed E-state index contributed by atoms with van der Waals surface area (Å²) in [6.45, 7) is 3.45. The third-order valence-corrected chi connectivity index (χ3v) is 4.44. The van der Waals surface area contributed by atoms with E-state index in [2.05, 4.69) is 10.7 Å². The smallest absolute Gasteiger partial charge is 0.322 e. The average molecular weight is 325 g/mol. The Kier molecular flexibility index (Phi) is 3.97. The van der Waals surface area contributed by atoms with Crippen LogP contribution in [0.15, 0.2) is 42.5 Å². The van der Waals surface area contributed by atoms with Gasteiger partial charge in [-0.2, -0.15) is 5.01 Å². The Balaban J connectivity index is 1.76. The second-order valence-electron chi connectivity index (χ2n) is 6.11. The Morgan fingerprint density at radius 2 is 1.88 bits per heavy atom. The highest BCUT2D eigenvalue weighted by molar-refractivity contribution is 6.07. The number of urea groups is 1. The van der Waals surface area contributed by atoms with E-state index in [1.54, 1.807) is 13.8 Å². The molecule has 0 bridgehead atoms. The van der Waals surface area contributed by atoms with Gasteiger partial charge in [-0.05, 0) is 29.7 Å². The van der Waals surface area contributed by atoms with Gasteiger partial charge in [0, 0.05) is 0 Å². The highest BCUT2D eigenvalue weighted by Crippen LogP contribution is 2.21. The summed E-state index contributed by atoms with van der Waals surface area (Å²) >= 11 is 0. The number of amides is 4. The summed E-state index contributed by atoms with van der Waals surface area (Å²) in [5.74, 6) is -0.850. The summed E-state index contributed by atoms with van der Waals surface area (Å²) in [5, 5.41) is 5.39. The molecule has 0 saturated carbocycles. The summed E-state index contributed by atoms with van der Waals surface area (Å²) in [6, 6.07) is 12.9. The molecule has 1 heterocycles. The fourth-order valence-electron chi connectivity index (χ4n) is 2.81. The SMILES string of the molecule is CCC1(C)NC(=O)N(NC(=O)Cc2cccc3ccccc23)C1=O. The van der Waals surface area contributed by atoms with E-state index in [1.807, 2.05) is 42.5 Å². The Labute approximate surface area is 139 Å². The van der Waals surface area contributed by atoms with Crippen LogP contribution in [-0.4, -0.2) is 28.4 Å². The minimum atomic E-state index is -0.968. The summed E-state index contributed by atoms with van der Waals surface area (Å²) in [5.41, 5.74) is 2.29. The molecule has 1 aliphatic rings. The zero-order valence-corrected chi connectivity index (χ0v) is 13.6. The number of fused-ring (bicyclic) bond motifs is 1. The molecule has 2 aromatic carbocycles. The Morgan fingerprint density at radius 3 is 2.58 bits per heavy atom. The van der Waals surface area contributed by atoms with Gasteiger partial charge >= 0.3 is 6.03 Å². The predicted octanol–water partition coefficient (Wildman–Crippen LogP) is 2.13. The molecule has 0 radical (unpaired) electrons. The molecule has 0 aliphatic carbocycles. The van der Waals surface area contributed by atoms with Gasteiger partial charge in [0.1, 0.15) is 5.54 Å². The van der Waals surface area contributed by atoms with Gasteiger partial charge in [0.25, 0.3) is 5.91 Å². The minimum Gasteiger partial charge on any atom is -0.322 e. The van der Waals surface area contributed by atoms with Gasteiger partial charge in [-0.25, -0.2) is 4.79 Å². The number of hydrazine groups is 1. The van der Waals surface area contributed by atoms with Crippen LogP contribution in [0.1, 0.15) is 25.8 Å². The van der Waals surface area contributed by atoms with Crippen molar-refractivity contribution in [1.29, 1.82) is 0 Å². The first-order chi connectivity index (χ1) is 11.4. The van der Waals surface area contributed by atoms with Crippen LogP contribution in [0.2, 0.25) is 0 Å². The first-order valence-corrected chi connectivity index (χ1v) is 7.87. The molecule has 6 nitrogen and oxygen atoms in total. The molecule has 0 aromatic heterocycles. The third kappa shape index (κ3) is 2.71. The van der Waals surface area contributed by atoms with Crippen molar-refractivity contribution in [2.24, 2.45) is 0 Å². The number of carbonyl (C=O) groups is 3. The largest absolute Gasteiger partial charge is 0.344 e. The highest BCUT2D eigenvalue weighted by Gasteiger charge is 2.47. The third-order valence-electron chi connectivity index (χ3n) is 4.44. The van der Waals surface area contributed by atoms with Gasteiger partial charge in [-0.3, -0.25) is 15.0 Å². The molecule has 1 atom stereocenters. The van der Waals surface area contributed by atoms with E-state index in [4.69, 9.17) is 0 Å². The summed E-state index contributed by atoms with van der Waals surface area (Å²) < 4.78 is 0. The van der Waals surface area contributed by atoms with Gasteiger partial charge in [0.2, 0.25) is 5.91 Å². The first kappa shape index (κ1) is 16.0. The number of benzene rings is 2. The van der Waals surface area contributed by atoms with E-state index in [9.17, 15) is 14.4 Å². The van der Waals surface area contributed by atoms with Gasteiger partial charge in [0.15, 0.2) is 0 Å². The number of hydrogen-bond donors (Lipinski definition) is 2. The molecule has 1 aliphatic heterocycles. The van der Waals surface area contributed by atoms with Crippen molar-refractivity contribution in [2.45, 2.75) is 32.2 Å². The van der Waals surface area contributed by atoms with Crippen molar-refractivity contribution in [3.05, 3.63) is 48.0 Å². The maximum atomic E-state index is 12.3. The lowest BCUT2D eigenvalue weighted by Crippen LogP contribution is -2.49. The summed E-state index contributed by atoms with van der Waals surface area (Å²) in [7, 11) is 0. The number of imide groups is 1. The topological polar surface area (TPSA) is 78.5 Å². The molecule has 1 unspecified atom stereocenters. The number of hydrogen-bond acceptors (Lipinski definition) is 3. The summed E-state index contributed by atoms with van der Waals surface area (Å²) in [4.78, 5) is 36.6. The lowest BCUT2D eigenvalue weighted by molar-refractivity contribution is -0.138. The number of rotatable bonds is 4. The van der Waals surface area contributed by atoms with Crippen LogP contribution in [0.4, 0.5) is 4.79 Å². The van der Waals surface area contributed by atoms with Crippen molar-refractivity contribution < 1.29 is 14.4 Å². The number of nitrogens with zero attached hydrogens (tertiary/aromatic N) is 1. The van der Waals surface area contributed by atoms with Crippen molar-refractivity contribution in [3.8, 4) is 0 Å². The first-order valence-electron chi connectivity index (χ1n) is 7.87. The van der Waals surface area contributed by atoms with Crippen LogP contribution in [0, 0.1) is 0 Å². The average Bonchev–Trinajstić information content (AvgIpc) is 2.79. The van der Waals surface area contributed by atoms with E-state index in [1.165, 1.54) is 0 Å². The Bertz CT molecular complexity index is 828. The maximum Gasteiger partial charge on any atom is 0.344 e. The lowest BCUT2D eigenvalue weighted by Gasteiger charge is -2.19. The van der Waals surface area contributed by atoms with Crippen LogP contribution in [-0.2, 0) is 16.0 Å². The maximum absolute atomic E-state index is 12.3. The van der Waals surface area contributed by atoms with Crippen LogP contribution in [0.25, 0.3) is 10.8 Å². The van der Waals surface area contributed by atoms with E-state index >= 15 is 0 Å². The van der Waals surface area contributed by atoms with Crippen LogP contribution in [0.3, 0.4) is 0 Å². The molecule has 2 aromatic rings. The van der Waals surface area contributed by atoms with Crippen molar-refractivity contribution in [3.63, 3.8) is 0 Å². The number of carbonyl (C=O) groups excluding carboxylic acids is 3. The molecule has 3 rings (SSSR count). The highest BCUT2D eigenvalue weighted by atomic mass is 16.2. The number of nitrogens with one attached hydrogen (secondary N) is 2. The molecule has 24 heavy (non-hydrogen) atoms. The minimum absolute atomic E-state index is 0.0846. The molecular weight excluding hydrogens is 306 g/mol. The van der Waals surface area contributed by atoms with Gasteiger partial charge in [-0.15, -0.1) is 0 Å². The van der Waals surface area contributed by atoms with Gasteiger partial charge in [-0.1, -0.05) is 49.4 Å². The monoisotopic (exact) mass is 325 g/mol. The molecule has 124 valence electrons. The molecule has 2 N–H and O–H groups in total. The Hall–Kier alpha value is -2.89. The molecule has 1 fully saturated rings. The molecule has 1 saturated heterocycles. The van der Waals surface area contributed by atoms with Crippen molar-refractivity contribution in [2.75, 3.05) is 0 Å². The fourth-order valence-corrected chi connectivity index (χ4v) is 2.81. The summed E-state index contributed by atoms with van der Waals surface area (Å²) in [6.07, 6.45) is 0.536. The van der Waals surface area contributed by atoms with Crippen molar-refractivity contribution >= 4 is 28.6 Å². The van der Waals surface area contributed by atoms with E-state index in [0.29, 0.717) is 6.42 Å². The van der Waals surface area contributed by atoms with Crippen LogP contribution >= 0.6 is 0 Å². The zero-order chi connectivity index (χ0) is 17.3. The zero-order valence-electron chi connectivity index (χ0n) is 13.6. The second kappa shape index (κ2) is 5.96. The van der Waals surface area contributed by atoms with E-state index < -0.39 is 23.4 Å². The predicted molar refractivity (Wildman–Crippen MR) is 89.9 cm³/mol. The second-order valence-corrected chi connectivity index (χ2v) is 6.11. The standard InChI is InChI=1S/C18H19N3O3/c1-3-18(2)16(23)21(17(24)19-18)20-15(22)11-13-9-6-8-12-7-4-5-10-14(12)13/h4-10H,3,11H2,1-2H3,(H,19,24)(H,20,22). The van der Waals surface area contributed by atoms with Gasteiger partial charge < -0.3 is 5.32 Å². The van der Waals surface area contributed by atoms with E-state index in [0.717, 1.165) is 21.3 Å². The molecule has 6 heteroatoms. The fraction of sp³-hybridized carbons (Fsp3) is 0.278. The van der Waals surface area contributed by atoms with Crippen molar-refractivity contribution in [1.82, 2.24) is 15.8 Å². The molecule has 0 spiro atoms. The van der Waals surface area contributed by atoms with Gasteiger partial charge in [0.05, 0.1) is 6.42 Å². The molecular formula is C18H19N3O3. The Morgan fingerprint density at radius 1 is 1.17 bits per heavy atom.